The number of hydrogen-bond donors (Lipinski definition) is 1. The van der Waals surface area contributed by atoms with Crippen LogP contribution in [-0.4, -0.2) is 32.2 Å². The van der Waals surface area contributed by atoms with Crippen LogP contribution in [0.3, 0.4) is 0 Å². The van der Waals surface area contributed by atoms with Crippen molar-refractivity contribution in [2.24, 2.45) is 0 Å². The molecule has 1 N–H and O–H groups in total. The highest BCUT2D eigenvalue weighted by molar-refractivity contribution is 8.26. The van der Waals surface area contributed by atoms with E-state index in [0.29, 0.717) is 4.91 Å². The van der Waals surface area contributed by atoms with Crippen molar-refractivity contribution in [3.63, 3.8) is 0 Å². The Morgan fingerprint density at radius 3 is 2.26 bits per heavy atom. The Kier molecular flexibility index (Phi) is 6.30. The van der Waals surface area contributed by atoms with Crippen LogP contribution in [0, 0.1) is 0 Å². The van der Waals surface area contributed by atoms with E-state index in [1.807, 2.05) is 84.9 Å². The quantitative estimate of drug-likeness (QED) is 0.415. The van der Waals surface area contributed by atoms with E-state index in [1.165, 1.54) is 4.90 Å². The van der Waals surface area contributed by atoms with E-state index in [2.05, 4.69) is 0 Å². The summed E-state index contributed by atoms with van der Waals surface area (Å²) in [5, 5.41) is 9.82. The second kappa shape index (κ2) is 9.29. The number of hydrogen-bond acceptors (Lipinski definition) is 4. The molecule has 0 bridgehead atoms. The molecule has 1 heterocycles. The third-order valence-corrected chi connectivity index (χ3v) is 6.35. The molecule has 4 rings (SSSR count). The van der Waals surface area contributed by atoms with E-state index in [1.54, 1.807) is 6.08 Å². The summed E-state index contributed by atoms with van der Waals surface area (Å²) in [7, 11) is 0. The lowest BCUT2D eigenvalue weighted by atomic mass is 9.99. The molecule has 0 aliphatic carbocycles. The minimum absolute atomic E-state index is 0.191. The second-order valence-electron chi connectivity index (χ2n) is 7.05. The van der Waals surface area contributed by atoms with E-state index in [-0.39, 0.29) is 16.6 Å². The molecule has 0 spiro atoms. The number of nitrogens with zero attached hydrogens (tertiary/aromatic N) is 1. The van der Waals surface area contributed by atoms with Crippen LogP contribution in [0.25, 0.3) is 17.2 Å². The van der Waals surface area contributed by atoms with Crippen LogP contribution < -0.4 is 0 Å². The zero-order valence-corrected chi connectivity index (χ0v) is 18.1. The highest BCUT2D eigenvalue weighted by Crippen LogP contribution is 2.36. The number of carbonyl (C=O) groups is 2. The number of thioether (sulfide) groups is 1. The van der Waals surface area contributed by atoms with Crippen molar-refractivity contribution in [3.05, 3.63) is 101 Å². The van der Waals surface area contributed by atoms with Crippen molar-refractivity contribution in [2.75, 3.05) is 0 Å². The van der Waals surface area contributed by atoms with Gasteiger partial charge in [-0.05, 0) is 28.3 Å². The van der Waals surface area contributed by atoms with Gasteiger partial charge in [-0.25, -0.2) is 4.79 Å². The Hall–Kier alpha value is -3.22. The van der Waals surface area contributed by atoms with Gasteiger partial charge in [-0.3, -0.25) is 9.69 Å². The van der Waals surface area contributed by atoms with Crippen LogP contribution in [0.15, 0.2) is 89.8 Å². The van der Waals surface area contributed by atoms with E-state index in [4.69, 9.17) is 12.2 Å². The first-order valence-electron chi connectivity index (χ1n) is 9.73. The molecule has 3 aromatic rings. The average molecular weight is 446 g/mol. The molecule has 4 nitrogen and oxygen atoms in total. The topological polar surface area (TPSA) is 57.6 Å². The third-order valence-electron chi connectivity index (χ3n) is 5.02. The van der Waals surface area contributed by atoms with Crippen LogP contribution in [0.2, 0.25) is 0 Å². The van der Waals surface area contributed by atoms with Crippen LogP contribution in [0.1, 0.15) is 11.1 Å². The maximum atomic E-state index is 13.2. The summed E-state index contributed by atoms with van der Waals surface area (Å²) in [4.78, 5) is 26.8. The number of benzene rings is 3. The molecule has 3 aromatic carbocycles. The summed E-state index contributed by atoms with van der Waals surface area (Å²) in [5.41, 5.74) is 3.75. The van der Waals surface area contributed by atoms with E-state index >= 15 is 0 Å². The predicted octanol–water partition coefficient (Wildman–Crippen LogP) is 5.25. The molecule has 0 unspecified atom stereocenters. The van der Waals surface area contributed by atoms with Gasteiger partial charge < -0.3 is 5.11 Å². The Bertz CT molecular complexity index is 1160. The van der Waals surface area contributed by atoms with Crippen molar-refractivity contribution < 1.29 is 14.7 Å². The number of rotatable bonds is 6. The molecule has 0 saturated carbocycles. The lowest BCUT2D eigenvalue weighted by Gasteiger charge is -2.23. The fourth-order valence-corrected chi connectivity index (χ4v) is 4.87. The Labute approximate surface area is 190 Å². The first kappa shape index (κ1) is 21.0. The summed E-state index contributed by atoms with van der Waals surface area (Å²) in [6.45, 7) is 0. The number of carboxylic acid groups (broad SMARTS) is 1. The maximum absolute atomic E-state index is 13.2. The number of aliphatic carboxylic acids is 1. The standard InChI is InChI=1S/C25H19NO3S2/c27-23-22(16-19-13-7-8-14-20(19)18-11-5-2-6-12-18)31-25(30)26(23)21(24(28)29)15-17-9-3-1-4-10-17/h1-14,16,21H,15H2,(H,28,29)/b22-16-/t21-/m0/s1. The lowest BCUT2D eigenvalue weighted by Crippen LogP contribution is -2.45. The van der Waals surface area contributed by atoms with Gasteiger partial charge >= 0.3 is 5.97 Å². The van der Waals surface area contributed by atoms with Crippen LogP contribution in [0.4, 0.5) is 0 Å². The first-order chi connectivity index (χ1) is 15.0. The number of thiocarbonyl (C=S) groups is 1. The highest BCUT2D eigenvalue weighted by Gasteiger charge is 2.40. The number of carboxylic acids is 1. The van der Waals surface area contributed by atoms with E-state index in [0.717, 1.165) is 34.0 Å². The van der Waals surface area contributed by atoms with Crippen molar-refractivity contribution in [1.29, 1.82) is 0 Å². The molecule has 1 amide bonds. The summed E-state index contributed by atoms with van der Waals surface area (Å²) in [5.74, 6) is -1.45. The predicted molar refractivity (Wildman–Crippen MR) is 128 cm³/mol. The van der Waals surface area contributed by atoms with Crippen molar-refractivity contribution in [2.45, 2.75) is 12.5 Å². The van der Waals surface area contributed by atoms with Gasteiger partial charge in [-0.15, -0.1) is 0 Å². The van der Waals surface area contributed by atoms with E-state index in [9.17, 15) is 14.7 Å². The molecule has 1 saturated heterocycles. The molecular weight excluding hydrogens is 426 g/mol. The highest BCUT2D eigenvalue weighted by atomic mass is 32.2. The molecule has 0 radical (unpaired) electrons. The van der Waals surface area contributed by atoms with Crippen molar-refractivity contribution in [3.8, 4) is 11.1 Å². The van der Waals surface area contributed by atoms with Gasteiger partial charge in [0.1, 0.15) is 10.4 Å². The zero-order valence-electron chi connectivity index (χ0n) is 16.5. The first-order valence-corrected chi connectivity index (χ1v) is 11.0. The Morgan fingerprint density at radius 2 is 1.58 bits per heavy atom. The van der Waals surface area contributed by atoms with Gasteiger partial charge in [0, 0.05) is 6.42 Å². The molecule has 1 aliphatic rings. The molecule has 6 heteroatoms. The Balaban J connectivity index is 1.66. The smallest absolute Gasteiger partial charge is 0.327 e. The van der Waals surface area contributed by atoms with Crippen molar-refractivity contribution in [1.82, 2.24) is 4.90 Å². The second-order valence-corrected chi connectivity index (χ2v) is 8.72. The Morgan fingerprint density at radius 1 is 0.968 bits per heavy atom. The molecule has 1 aliphatic heterocycles. The number of amides is 1. The minimum atomic E-state index is -1.08. The molecular formula is C25H19NO3S2. The molecule has 0 aromatic heterocycles. The van der Waals surface area contributed by atoms with Gasteiger partial charge in [-0.2, -0.15) is 0 Å². The van der Waals surface area contributed by atoms with Crippen LogP contribution in [-0.2, 0) is 16.0 Å². The van der Waals surface area contributed by atoms with Gasteiger partial charge in [0.05, 0.1) is 4.91 Å². The summed E-state index contributed by atoms with van der Waals surface area (Å²) < 4.78 is 0.261. The molecule has 1 fully saturated rings. The average Bonchev–Trinajstić information content (AvgIpc) is 3.06. The lowest BCUT2D eigenvalue weighted by molar-refractivity contribution is -0.145. The SMILES string of the molecule is O=C(O)[C@H](Cc1ccccc1)N1C(=O)/C(=C/c2ccccc2-c2ccccc2)SC1=S. The normalized spacial score (nSPS) is 16.0. The molecule has 1 atom stereocenters. The third kappa shape index (κ3) is 4.60. The van der Waals surface area contributed by atoms with Crippen LogP contribution >= 0.6 is 24.0 Å². The zero-order chi connectivity index (χ0) is 21.8. The minimum Gasteiger partial charge on any atom is -0.480 e. The largest absolute Gasteiger partial charge is 0.480 e. The monoisotopic (exact) mass is 445 g/mol. The van der Waals surface area contributed by atoms with Crippen molar-refractivity contribution >= 4 is 46.3 Å². The van der Waals surface area contributed by atoms with Crippen LogP contribution in [0.5, 0.6) is 0 Å². The maximum Gasteiger partial charge on any atom is 0.327 e. The summed E-state index contributed by atoms with van der Waals surface area (Å²) >= 11 is 6.56. The number of carbonyl (C=O) groups excluding carboxylic acids is 1. The van der Waals surface area contributed by atoms with Gasteiger partial charge in [-0.1, -0.05) is 109 Å². The van der Waals surface area contributed by atoms with Gasteiger partial charge in [0.25, 0.3) is 5.91 Å². The molecule has 31 heavy (non-hydrogen) atoms. The van der Waals surface area contributed by atoms with Gasteiger partial charge in [0.15, 0.2) is 0 Å². The molecule has 154 valence electrons. The fraction of sp³-hybridized carbons (Fsp3) is 0.0800. The van der Waals surface area contributed by atoms with E-state index < -0.39 is 12.0 Å². The van der Waals surface area contributed by atoms with Gasteiger partial charge in [0.2, 0.25) is 0 Å². The fourth-order valence-electron chi connectivity index (χ4n) is 3.52. The summed E-state index contributed by atoms with van der Waals surface area (Å²) in [6.07, 6.45) is 1.99. The summed E-state index contributed by atoms with van der Waals surface area (Å²) in [6, 6.07) is 25.9.